The first kappa shape index (κ1) is 14.9. The van der Waals surface area contributed by atoms with Gasteiger partial charge >= 0.3 is 0 Å². The average Bonchev–Trinajstić information content (AvgIpc) is 2.86. The van der Waals surface area contributed by atoms with E-state index in [-0.39, 0.29) is 5.91 Å². The maximum absolute atomic E-state index is 11.7. The minimum atomic E-state index is -0.0352. The third-order valence-corrected chi connectivity index (χ3v) is 5.60. The van der Waals surface area contributed by atoms with Gasteiger partial charge in [-0.1, -0.05) is 19.3 Å². The van der Waals surface area contributed by atoms with E-state index in [0.717, 1.165) is 29.0 Å². The molecule has 2 rings (SSSR count). The second-order valence-corrected chi connectivity index (χ2v) is 7.46. The van der Waals surface area contributed by atoms with Gasteiger partial charge in [0.15, 0.2) is 0 Å². The highest BCUT2D eigenvalue weighted by Crippen LogP contribution is 2.28. The van der Waals surface area contributed by atoms with Gasteiger partial charge in [-0.05, 0) is 31.9 Å². The van der Waals surface area contributed by atoms with Crippen LogP contribution in [0.5, 0.6) is 0 Å². The molecule has 1 heterocycles. The average molecular weight is 298 g/mol. The summed E-state index contributed by atoms with van der Waals surface area (Å²) in [4.78, 5) is 15.9. The van der Waals surface area contributed by atoms with E-state index in [1.165, 1.54) is 43.4 Å². The summed E-state index contributed by atoms with van der Waals surface area (Å²) in [5, 5.41) is 6.57. The highest BCUT2D eigenvalue weighted by molar-refractivity contribution is 7.99. The molecule has 3 nitrogen and oxygen atoms in total. The van der Waals surface area contributed by atoms with Crippen LogP contribution in [0.3, 0.4) is 0 Å². The zero-order chi connectivity index (χ0) is 13.5. The molecule has 1 aliphatic carbocycles. The number of nitrogens with one attached hydrogen (secondary N) is 1. The van der Waals surface area contributed by atoms with Gasteiger partial charge in [0.05, 0.1) is 5.01 Å². The highest BCUT2D eigenvalue weighted by atomic mass is 32.2. The fourth-order valence-corrected chi connectivity index (χ4v) is 4.22. The SMILES string of the molecule is Cc1nc(C(=O)NCCCSC2CCCCC2)cs1. The molecular formula is C14H22N2OS2. The highest BCUT2D eigenvalue weighted by Gasteiger charge is 2.13. The minimum Gasteiger partial charge on any atom is -0.351 e. The number of carbonyl (C=O) groups is 1. The third kappa shape index (κ3) is 5.15. The number of aryl methyl sites for hydroxylation is 1. The van der Waals surface area contributed by atoms with Crippen molar-refractivity contribution in [1.82, 2.24) is 10.3 Å². The molecule has 0 saturated heterocycles. The molecule has 0 unspecified atom stereocenters. The number of amides is 1. The van der Waals surface area contributed by atoms with Crippen molar-refractivity contribution in [1.29, 1.82) is 0 Å². The van der Waals surface area contributed by atoms with Crippen molar-refractivity contribution in [3.8, 4) is 0 Å². The van der Waals surface area contributed by atoms with E-state index in [1.54, 1.807) is 0 Å². The van der Waals surface area contributed by atoms with Gasteiger partial charge in [-0.15, -0.1) is 11.3 Å². The topological polar surface area (TPSA) is 42.0 Å². The van der Waals surface area contributed by atoms with Crippen molar-refractivity contribution in [2.24, 2.45) is 0 Å². The first-order valence-electron chi connectivity index (χ1n) is 7.07. The van der Waals surface area contributed by atoms with Crippen LogP contribution in [-0.2, 0) is 0 Å². The number of carbonyl (C=O) groups excluding carboxylic acids is 1. The summed E-state index contributed by atoms with van der Waals surface area (Å²) in [6.45, 7) is 2.68. The van der Waals surface area contributed by atoms with Crippen LogP contribution in [0.15, 0.2) is 5.38 Å². The van der Waals surface area contributed by atoms with E-state index in [0.29, 0.717) is 5.69 Å². The molecule has 0 radical (unpaired) electrons. The summed E-state index contributed by atoms with van der Waals surface area (Å²) in [6.07, 6.45) is 8.04. The van der Waals surface area contributed by atoms with Gasteiger partial charge in [-0.2, -0.15) is 11.8 Å². The summed E-state index contributed by atoms with van der Waals surface area (Å²) in [7, 11) is 0. The molecule has 106 valence electrons. The van der Waals surface area contributed by atoms with Gasteiger partial charge in [-0.25, -0.2) is 4.98 Å². The normalized spacial score (nSPS) is 16.5. The van der Waals surface area contributed by atoms with Gasteiger partial charge < -0.3 is 5.32 Å². The molecule has 0 aromatic carbocycles. The molecule has 0 bridgehead atoms. The molecule has 1 aromatic heterocycles. The predicted octanol–water partition coefficient (Wildman–Crippen LogP) is 3.64. The Morgan fingerprint density at radius 3 is 2.95 bits per heavy atom. The van der Waals surface area contributed by atoms with Crippen molar-refractivity contribution in [2.45, 2.75) is 50.7 Å². The van der Waals surface area contributed by atoms with Crippen LogP contribution in [0.1, 0.15) is 54.0 Å². The van der Waals surface area contributed by atoms with E-state index in [2.05, 4.69) is 22.1 Å². The molecule has 1 saturated carbocycles. The van der Waals surface area contributed by atoms with Gasteiger partial charge in [0.1, 0.15) is 5.69 Å². The molecule has 0 spiro atoms. The molecule has 1 aliphatic rings. The van der Waals surface area contributed by atoms with Crippen molar-refractivity contribution in [3.63, 3.8) is 0 Å². The Morgan fingerprint density at radius 2 is 2.26 bits per heavy atom. The standard InChI is InChI=1S/C14H22N2OS2/c1-11-16-13(10-19-11)14(17)15-8-5-9-18-12-6-3-2-4-7-12/h10,12H,2-9H2,1H3,(H,15,17). The summed E-state index contributed by atoms with van der Waals surface area (Å²) in [6, 6.07) is 0. The summed E-state index contributed by atoms with van der Waals surface area (Å²) in [5.41, 5.74) is 0.558. The number of hydrogen-bond acceptors (Lipinski definition) is 4. The summed E-state index contributed by atoms with van der Waals surface area (Å²) in [5.74, 6) is 1.12. The van der Waals surface area contributed by atoms with E-state index < -0.39 is 0 Å². The third-order valence-electron chi connectivity index (χ3n) is 3.36. The summed E-state index contributed by atoms with van der Waals surface area (Å²) >= 11 is 3.60. The zero-order valence-electron chi connectivity index (χ0n) is 11.5. The number of nitrogens with zero attached hydrogens (tertiary/aromatic N) is 1. The maximum atomic E-state index is 11.7. The second-order valence-electron chi connectivity index (χ2n) is 4.99. The molecule has 5 heteroatoms. The number of rotatable bonds is 6. The first-order valence-corrected chi connectivity index (χ1v) is 9.00. The Balaban J connectivity index is 1.55. The van der Waals surface area contributed by atoms with Gasteiger partial charge in [0.2, 0.25) is 0 Å². The molecule has 1 fully saturated rings. The molecule has 1 aromatic rings. The lowest BCUT2D eigenvalue weighted by Crippen LogP contribution is -2.25. The van der Waals surface area contributed by atoms with Crippen LogP contribution in [0.4, 0.5) is 0 Å². The predicted molar refractivity (Wildman–Crippen MR) is 83.1 cm³/mol. The Kier molecular flexibility index (Phi) is 6.17. The van der Waals surface area contributed by atoms with Crippen LogP contribution in [0.2, 0.25) is 0 Å². The van der Waals surface area contributed by atoms with Crippen molar-refractivity contribution >= 4 is 29.0 Å². The second kappa shape index (κ2) is 7.90. The van der Waals surface area contributed by atoms with Crippen LogP contribution < -0.4 is 5.32 Å². The lowest BCUT2D eigenvalue weighted by molar-refractivity contribution is 0.0949. The number of aromatic nitrogens is 1. The van der Waals surface area contributed by atoms with Crippen molar-refractivity contribution < 1.29 is 4.79 Å². The molecular weight excluding hydrogens is 276 g/mol. The van der Waals surface area contributed by atoms with Crippen LogP contribution in [-0.4, -0.2) is 28.4 Å². The Bertz CT molecular complexity index is 400. The monoisotopic (exact) mass is 298 g/mol. The Morgan fingerprint density at radius 1 is 1.47 bits per heavy atom. The maximum Gasteiger partial charge on any atom is 0.270 e. The molecule has 0 aliphatic heterocycles. The van der Waals surface area contributed by atoms with E-state index in [9.17, 15) is 4.79 Å². The Labute approximate surface area is 123 Å². The van der Waals surface area contributed by atoms with Crippen molar-refractivity contribution in [3.05, 3.63) is 16.1 Å². The van der Waals surface area contributed by atoms with Crippen molar-refractivity contribution in [2.75, 3.05) is 12.3 Å². The lowest BCUT2D eigenvalue weighted by Gasteiger charge is -2.20. The Hall–Kier alpha value is -0.550. The number of thiazole rings is 1. The zero-order valence-corrected chi connectivity index (χ0v) is 13.1. The molecule has 0 atom stereocenters. The number of thioether (sulfide) groups is 1. The molecule has 1 amide bonds. The van der Waals surface area contributed by atoms with E-state index in [1.807, 2.05) is 12.3 Å². The fourth-order valence-electron chi connectivity index (χ4n) is 2.31. The molecule has 1 N–H and O–H groups in total. The summed E-state index contributed by atoms with van der Waals surface area (Å²) < 4.78 is 0. The number of hydrogen-bond donors (Lipinski definition) is 1. The fraction of sp³-hybridized carbons (Fsp3) is 0.714. The van der Waals surface area contributed by atoms with Crippen LogP contribution in [0.25, 0.3) is 0 Å². The van der Waals surface area contributed by atoms with Crippen LogP contribution >= 0.6 is 23.1 Å². The largest absolute Gasteiger partial charge is 0.351 e. The van der Waals surface area contributed by atoms with Crippen LogP contribution in [0, 0.1) is 6.92 Å². The molecule has 19 heavy (non-hydrogen) atoms. The van der Waals surface area contributed by atoms with E-state index in [4.69, 9.17) is 0 Å². The quantitative estimate of drug-likeness (QED) is 0.815. The van der Waals surface area contributed by atoms with Gasteiger partial charge in [-0.3, -0.25) is 4.79 Å². The first-order chi connectivity index (χ1) is 9.25. The van der Waals surface area contributed by atoms with Gasteiger partial charge in [0.25, 0.3) is 5.91 Å². The van der Waals surface area contributed by atoms with E-state index >= 15 is 0 Å². The van der Waals surface area contributed by atoms with Gasteiger partial charge in [0, 0.05) is 17.2 Å². The minimum absolute atomic E-state index is 0.0352. The smallest absolute Gasteiger partial charge is 0.270 e. The lowest BCUT2D eigenvalue weighted by atomic mass is 10.0.